The standard InChI is InChI=1S/C15H15ClFN3O3S2.C7H3I2NO/c1-23-13(21)8-24-12-7-11(10(17)6-9(12)16)18-14-19-4-2-3-5-20(19)15(22)25-14;8-5-1-4(3-10)2-6(9)7(5)11/h6-7H,2-5,8H2,1H3;1-2,11H. The fraction of sp³-hybridized carbons (Fsp3) is 0.273. The van der Waals surface area contributed by atoms with Crippen LogP contribution in [0.4, 0.5) is 10.1 Å². The van der Waals surface area contributed by atoms with Crippen molar-refractivity contribution in [2.45, 2.75) is 30.8 Å². The minimum Gasteiger partial charge on any atom is -0.506 e. The van der Waals surface area contributed by atoms with Crippen molar-refractivity contribution in [3.63, 3.8) is 0 Å². The van der Waals surface area contributed by atoms with Gasteiger partial charge in [0.25, 0.3) is 0 Å². The number of phenolic OH excluding ortho intramolecular Hbond substituents is 1. The second-order valence-corrected chi connectivity index (χ2v) is 11.9. The SMILES string of the molecule is COC(=O)CSc1cc(N=c2sc(=O)n3n2CCCC3)c(F)cc1Cl.N#Cc1cc(I)c(O)c(I)c1. The highest BCUT2D eigenvalue weighted by molar-refractivity contribution is 14.1. The van der Waals surface area contributed by atoms with Gasteiger partial charge in [-0.3, -0.25) is 14.3 Å². The van der Waals surface area contributed by atoms with Crippen LogP contribution in [-0.2, 0) is 22.6 Å². The molecule has 0 bridgehead atoms. The number of nitrogens with zero attached hydrogens (tertiary/aromatic N) is 4. The van der Waals surface area contributed by atoms with Crippen molar-refractivity contribution in [3.8, 4) is 11.8 Å². The van der Waals surface area contributed by atoms with Crippen molar-refractivity contribution in [1.82, 2.24) is 9.36 Å². The Labute approximate surface area is 246 Å². The molecule has 190 valence electrons. The van der Waals surface area contributed by atoms with E-state index in [1.807, 2.05) is 51.3 Å². The largest absolute Gasteiger partial charge is 0.506 e. The first-order chi connectivity index (χ1) is 17.1. The summed E-state index contributed by atoms with van der Waals surface area (Å²) in [5.41, 5.74) is 0.663. The molecule has 0 saturated heterocycles. The molecule has 0 atom stereocenters. The fourth-order valence-electron chi connectivity index (χ4n) is 3.06. The summed E-state index contributed by atoms with van der Waals surface area (Å²) < 4.78 is 23.7. The van der Waals surface area contributed by atoms with E-state index in [2.05, 4.69) is 9.73 Å². The molecule has 0 spiro atoms. The number of hydrogen-bond donors (Lipinski definition) is 1. The van der Waals surface area contributed by atoms with Gasteiger partial charge >= 0.3 is 10.8 Å². The predicted molar refractivity (Wildman–Crippen MR) is 153 cm³/mol. The molecule has 0 radical (unpaired) electrons. The number of thioether (sulfide) groups is 1. The van der Waals surface area contributed by atoms with Crippen LogP contribution in [0.2, 0.25) is 5.02 Å². The summed E-state index contributed by atoms with van der Waals surface area (Å²) in [7, 11) is 1.30. The van der Waals surface area contributed by atoms with E-state index in [9.17, 15) is 19.1 Å². The number of aromatic nitrogens is 2. The monoisotopic (exact) mass is 774 g/mol. The molecule has 8 nitrogen and oxygen atoms in total. The summed E-state index contributed by atoms with van der Waals surface area (Å²) in [6, 6.07) is 7.96. The third-order valence-corrected chi connectivity index (χ3v) is 8.80. The number of fused-ring (bicyclic) bond motifs is 1. The molecule has 0 aliphatic carbocycles. The van der Waals surface area contributed by atoms with Crippen LogP contribution in [0.1, 0.15) is 18.4 Å². The number of methoxy groups -OCH3 is 1. The second-order valence-electron chi connectivity index (χ2n) is 7.21. The van der Waals surface area contributed by atoms with Gasteiger partial charge in [-0.25, -0.2) is 14.1 Å². The molecule has 0 saturated carbocycles. The van der Waals surface area contributed by atoms with Crippen LogP contribution in [0, 0.1) is 24.3 Å². The van der Waals surface area contributed by atoms with Crippen molar-refractivity contribution in [2.75, 3.05) is 12.9 Å². The van der Waals surface area contributed by atoms with E-state index in [0.717, 1.165) is 42.0 Å². The molecule has 4 rings (SSSR count). The lowest BCUT2D eigenvalue weighted by atomic mass is 10.2. The molecular formula is C22H18ClFI2N4O4S2. The lowest BCUT2D eigenvalue weighted by Gasteiger charge is -2.15. The van der Waals surface area contributed by atoms with Gasteiger partial charge in [-0.1, -0.05) is 11.6 Å². The zero-order chi connectivity index (χ0) is 26.4. The van der Waals surface area contributed by atoms with Gasteiger partial charge in [-0.15, -0.1) is 11.8 Å². The van der Waals surface area contributed by atoms with Crippen LogP contribution in [0.15, 0.2) is 38.9 Å². The van der Waals surface area contributed by atoms with Crippen molar-refractivity contribution in [2.24, 2.45) is 4.99 Å². The first-order valence-corrected chi connectivity index (χ1v) is 14.6. The number of nitriles is 1. The number of esters is 1. The molecule has 14 heteroatoms. The maximum Gasteiger partial charge on any atom is 0.325 e. The molecule has 2 aromatic carbocycles. The van der Waals surface area contributed by atoms with Gasteiger partial charge in [0.05, 0.1) is 36.7 Å². The average molecular weight is 775 g/mol. The van der Waals surface area contributed by atoms with E-state index in [1.165, 1.54) is 13.2 Å². The summed E-state index contributed by atoms with van der Waals surface area (Å²) in [6.45, 7) is 1.32. The van der Waals surface area contributed by atoms with E-state index < -0.39 is 11.8 Å². The molecule has 3 aromatic rings. The Kier molecular flexibility index (Phi) is 10.7. The number of benzene rings is 2. The number of hydrogen-bond acceptors (Lipinski definition) is 8. The topological polar surface area (TPSA) is 110 Å². The van der Waals surface area contributed by atoms with Crippen molar-refractivity contribution >= 4 is 91.5 Å². The second kappa shape index (κ2) is 13.3. The number of phenols is 1. The number of carbonyl (C=O) groups is 1. The van der Waals surface area contributed by atoms with Crippen molar-refractivity contribution in [1.29, 1.82) is 5.26 Å². The van der Waals surface area contributed by atoms with E-state index >= 15 is 0 Å². The minimum atomic E-state index is -0.580. The number of halogens is 4. The molecule has 0 amide bonds. The Morgan fingerprint density at radius 2 is 1.92 bits per heavy atom. The Hall–Kier alpha value is -1.61. The van der Waals surface area contributed by atoms with Crippen molar-refractivity contribution in [3.05, 3.63) is 62.3 Å². The van der Waals surface area contributed by atoms with Gasteiger partial charge in [0.15, 0.2) is 0 Å². The molecule has 1 aliphatic heterocycles. The number of ether oxygens (including phenoxy) is 1. The van der Waals surface area contributed by atoms with Crippen molar-refractivity contribution < 1.29 is 19.0 Å². The highest BCUT2D eigenvalue weighted by Crippen LogP contribution is 2.33. The Balaban J connectivity index is 0.000000275. The van der Waals surface area contributed by atoms with Gasteiger partial charge in [0.1, 0.15) is 17.3 Å². The number of rotatable bonds is 4. The Morgan fingerprint density at radius 1 is 1.28 bits per heavy atom. The quantitative estimate of drug-likeness (QED) is 0.220. The van der Waals surface area contributed by atoms with Crippen LogP contribution < -0.4 is 9.67 Å². The Morgan fingerprint density at radius 3 is 2.53 bits per heavy atom. The Bertz CT molecular complexity index is 1440. The van der Waals surface area contributed by atoms with Gasteiger partial charge in [0, 0.05) is 18.0 Å². The van der Waals surface area contributed by atoms with Crippen LogP contribution in [0.5, 0.6) is 5.75 Å². The molecule has 1 aromatic heterocycles. The lowest BCUT2D eigenvalue weighted by molar-refractivity contribution is -0.137. The summed E-state index contributed by atoms with van der Waals surface area (Å²) in [5, 5.41) is 18.0. The maximum atomic E-state index is 14.3. The smallest absolute Gasteiger partial charge is 0.325 e. The number of carbonyl (C=O) groups excluding carboxylic acids is 1. The van der Waals surface area contributed by atoms with Crippen LogP contribution in [-0.4, -0.2) is 33.3 Å². The van der Waals surface area contributed by atoms with Gasteiger partial charge in [-0.05, 0) is 93.6 Å². The molecule has 2 heterocycles. The van der Waals surface area contributed by atoms with Gasteiger partial charge < -0.3 is 9.84 Å². The summed E-state index contributed by atoms with van der Waals surface area (Å²) in [5.74, 6) is -0.668. The normalized spacial score (nSPS) is 12.8. The molecule has 0 unspecified atom stereocenters. The molecular weight excluding hydrogens is 757 g/mol. The van der Waals surface area contributed by atoms with E-state index in [0.29, 0.717) is 35.5 Å². The molecule has 36 heavy (non-hydrogen) atoms. The van der Waals surface area contributed by atoms with Gasteiger partial charge in [0.2, 0.25) is 4.80 Å². The van der Waals surface area contributed by atoms with E-state index in [4.69, 9.17) is 16.9 Å². The van der Waals surface area contributed by atoms with Gasteiger partial charge in [-0.2, -0.15) is 5.26 Å². The number of aromatic hydroxyl groups is 1. The first kappa shape index (κ1) is 29.0. The van der Waals surface area contributed by atoms with Crippen LogP contribution >= 0.6 is 79.9 Å². The summed E-state index contributed by atoms with van der Waals surface area (Å²) >= 11 is 12.2. The third-order valence-electron chi connectivity index (χ3n) is 4.83. The average Bonchev–Trinajstić information content (AvgIpc) is 3.18. The molecule has 0 fully saturated rings. The maximum absolute atomic E-state index is 14.3. The zero-order valence-electron chi connectivity index (χ0n) is 18.6. The lowest BCUT2D eigenvalue weighted by Crippen LogP contribution is -2.31. The summed E-state index contributed by atoms with van der Waals surface area (Å²) in [6.07, 6.45) is 1.90. The third kappa shape index (κ3) is 7.24. The van der Waals surface area contributed by atoms with E-state index in [1.54, 1.807) is 21.5 Å². The van der Waals surface area contributed by atoms with E-state index in [-0.39, 0.29) is 27.1 Å². The highest BCUT2D eigenvalue weighted by atomic mass is 127. The molecule has 1 N–H and O–H groups in total. The fourth-order valence-corrected chi connectivity index (χ4v) is 6.82. The first-order valence-electron chi connectivity index (χ1n) is 10.3. The van der Waals surface area contributed by atoms with Crippen LogP contribution in [0.25, 0.3) is 0 Å². The highest BCUT2D eigenvalue weighted by Gasteiger charge is 2.15. The minimum absolute atomic E-state index is 0.0605. The zero-order valence-corrected chi connectivity index (χ0v) is 25.3. The van der Waals surface area contributed by atoms with Crippen LogP contribution in [0.3, 0.4) is 0 Å². The molecule has 1 aliphatic rings. The predicted octanol–water partition coefficient (Wildman–Crippen LogP) is 5.27. The summed E-state index contributed by atoms with van der Waals surface area (Å²) in [4.78, 5) is 28.5.